The summed E-state index contributed by atoms with van der Waals surface area (Å²) in [5, 5.41) is 0.455. The summed E-state index contributed by atoms with van der Waals surface area (Å²) in [4.78, 5) is 12.0. The van der Waals surface area contributed by atoms with E-state index in [9.17, 15) is 9.36 Å². The van der Waals surface area contributed by atoms with Gasteiger partial charge in [0.2, 0.25) is 0 Å². The van der Waals surface area contributed by atoms with E-state index >= 15 is 0 Å². The zero-order chi connectivity index (χ0) is 21.4. The molecule has 0 bridgehead atoms. The zero-order valence-corrected chi connectivity index (χ0v) is 18.4. The number of benzene rings is 2. The van der Waals surface area contributed by atoms with Gasteiger partial charge in [-0.05, 0) is 68.5 Å². The summed E-state index contributed by atoms with van der Waals surface area (Å²) in [7, 11) is -3.50. The van der Waals surface area contributed by atoms with E-state index in [0.717, 1.165) is 22.3 Å². The zero-order valence-electron chi connectivity index (χ0n) is 17.5. The van der Waals surface area contributed by atoms with Crippen molar-refractivity contribution in [3.63, 3.8) is 0 Å². The van der Waals surface area contributed by atoms with Crippen LogP contribution in [0.5, 0.6) is 0 Å². The maximum absolute atomic E-state index is 13.4. The second kappa shape index (κ2) is 10.7. The van der Waals surface area contributed by atoms with Crippen molar-refractivity contribution in [3.05, 3.63) is 53.6 Å². The fourth-order valence-electron chi connectivity index (χ4n) is 3.14. The first kappa shape index (κ1) is 23.3. The van der Waals surface area contributed by atoms with Crippen LogP contribution in [-0.2, 0) is 29.6 Å². The molecule has 29 heavy (non-hydrogen) atoms. The van der Waals surface area contributed by atoms with Crippen LogP contribution in [0.15, 0.2) is 42.5 Å². The third kappa shape index (κ3) is 5.77. The Hall–Kier alpha value is -1.98. The molecule has 2 N–H and O–H groups in total. The molecule has 0 amide bonds. The van der Waals surface area contributed by atoms with Gasteiger partial charge >= 0.3 is 13.6 Å². The first-order chi connectivity index (χ1) is 13.9. The van der Waals surface area contributed by atoms with E-state index < -0.39 is 19.6 Å². The first-order valence-electron chi connectivity index (χ1n) is 9.87. The van der Waals surface area contributed by atoms with Crippen LogP contribution in [-0.4, -0.2) is 31.8 Å². The average Bonchev–Trinajstić information content (AvgIpc) is 2.70. The molecule has 2 rings (SSSR count). The molecule has 2 aromatic carbocycles. The Bertz CT molecular complexity index is 859. The van der Waals surface area contributed by atoms with Crippen LogP contribution < -0.4 is 11.0 Å². The second-order valence-corrected chi connectivity index (χ2v) is 8.57. The third-order valence-corrected chi connectivity index (χ3v) is 6.62. The summed E-state index contributed by atoms with van der Waals surface area (Å²) in [6.45, 7) is 8.03. The number of carbonyl (C=O) groups is 1. The van der Waals surface area contributed by atoms with Gasteiger partial charge in [0.25, 0.3) is 0 Å². The quantitative estimate of drug-likeness (QED) is 0.463. The molecule has 0 aliphatic carbocycles. The Morgan fingerprint density at radius 2 is 1.66 bits per heavy atom. The smallest absolute Gasteiger partial charge is 0.361 e. The highest BCUT2D eigenvalue weighted by atomic mass is 31.2. The van der Waals surface area contributed by atoms with E-state index in [-0.39, 0.29) is 26.2 Å². The number of rotatable bonds is 10. The Labute approximate surface area is 172 Å². The van der Waals surface area contributed by atoms with E-state index in [1.165, 1.54) is 0 Å². The number of hydrogen-bond acceptors (Lipinski definition) is 6. The normalized spacial score (nSPS) is 12.6. The number of nitrogens with two attached hydrogens (primary N) is 1. The number of hydrogen-bond donors (Lipinski definition) is 1. The Morgan fingerprint density at radius 3 is 2.21 bits per heavy atom. The average molecular weight is 419 g/mol. The standard InChI is InChI=1S/C22H30NO5P/c1-5-26-22(24)21(23)14-18-13-19(29(25,27-6-2)28-7-3)15-20(16(18)4)17-11-9-8-10-12-17/h8-13,15,21H,5-7,14,23H2,1-4H3. The lowest BCUT2D eigenvalue weighted by atomic mass is 9.93. The topological polar surface area (TPSA) is 87.9 Å². The minimum atomic E-state index is -3.50. The van der Waals surface area contributed by atoms with Gasteiger partial charge in [0, 0.05) is 0 Å². The molecule has 1 unspecified atom stereocenters. The van der Waals surface area contributed by atoms with E-state index in [1.54, 1.807) is 26.8 Å². The predicted octanol–water partition coefficient (Wildman–Crippen LogP) is 3.99. The van der Waals surface area contributed by atoms with Gasteiger partial charge in [0.05, 0.1) is 25.1 Å². The largest absolute Gasteiger partial charge is 0.465 e. The van der Waals surface area contributed by atoms with E-state index in [4.69, 9.17) is 19.5 Å². The molecule has 1 atom stereocenters. The molecule has 0 fully saturated rings. The molecule has 0 radical (unpaired) electrons. The molecule has 6 nitrogen and oxygen atoms in total. The summed E-state index contributed by atoms with van der Waals surface area (Å²) in [5.74, 6) is -0.462. The van der Waals surface area contributed by atoms with Gasteiger partial charge in [0.15, 0.2) is 0 Å². The van der Waals surface area contributed by atoms with Crippen LogP contribution >= 0.6 is 7.60 Å². The second-order valence-electron chi connectivity index (χ2n) is 6.54. The number of ether oxygens (including phenoxy) is 1. The minimum absolute atomic E-state index is 0.253. The van der Waals surface area contributed by atoms with Crippen LogP contribution in [0.3, 0.4) is 0 Å². The lowest BCUT2D eigenvalue weighted by molar-refractivity contribution is -0.144. The molecule has 0 spiro atoms. The van der Waals surface area contributed by atoms with Crippen molar-refractivity contribution >= 4 is 18.9 Å². The summed E-state index contributed by atoms with van der Waals surface area (Å²) < 4.78 is 29.5. The van der Waals surface area contributed by atoms with Gasteiger partial charge in [-0.2, -0.15) is 0 Å². The maximum Gasteiger partial charge on any atom is 0.361 e. The summed E-state index contributed by atoms with van der Waals surface area (Å²) in [5.41, 5.74) is 9.69. The van der Waals surface area contributed by atoms with Crippen molar-refractivity contribution in [3.8, 4) is 11.1 Å². The van der Waals surface area contributed by atoms with Crippen molar-refractivity contribution in [1.82, 2.24) is 0 Å². The van der Waals surface area contributed by atoms with Crippen LogP contribution in [0.2, 0.25) is 0 Å². The highest BCUT2D eigenvalue weighted by Crippen LogP contribution is 2.48. The van der Waals surface area contributed by atoms with Gasteiger partial charge in [0.1, 0.15) is 6.04 Å². The van der Waals surface area contributed by atoms with E-state index in [2.05, 4.69) is 0 Å². The molecular weight excluding hydrogens is 389 g/mol. The van der Waals surface area contributed by atoms with Crippen molar-refractivity contribution < 1.29 is 23.1 Å². The highest BCUT2D eigenvalue weighted by Gasteiger charge is 2.29. The lowest BCUT2D eigenvalue weighted by Gasteiger charge is -2.22. The first-order valence-corrected chi connectivity index (χ1v) is 11.4. The molecule has 158 valence electrons. The SMILES string of the molecule is CCOC(=O)C(N)Cc1cc(P(=O)(OCC)OCC)cc(-c2ccccc2)c1C. The third-order valence-electron chi connectivity index (χ3n) is 4.53. The molecule has 0 aliphatic heterocycles. The Morgan fingerprint density at radius 1 is 1.03 bits per heavy atom. The van der Waals surface area contributed by atoms with Gasteiger partial charge in [-0.3, -0.25) is 9.36 Å². The minimum Gasteiger partial charge on any atom is -0.465 e. The summed E-state index contributed by atoms with van der Waals surface area (Å²) >= 11 is 0. The number of carbonyl (C=O) groups excluding carboxylic acids is 1. The van der Waals surface area contributed by atoms with E-state index in [0.29, 0.717) is 5.30 Å². The van der Waals surface area contributed by atoms with Crippen LogP contribution in [0.25, 0.3) is 11.1 Å². The fourth-order valence-corrected chi connectivity index (χ4v) is 4.79. The molecule has 0 heterocycles. The fraction of sp³-hybridized carbons (Fsp3) is 0.409. The predicted molar refractivity (Wildman–Crippen MR) is 115 cm³/mol. The molecule has 2 aromatic rings. The molecule has 0 aromatic heterocycles. The van der Waals surface area contributed by atoms with Crippen molar-refractivity contribution in [1.29, 1.82) is 0 Å². The monoisotopic (exact) mass is 419 g/mol. The van der Waals surface area contributed by atoms with Crippen LogP contribution in [0.4, 0.5) is 0 Å². The van der Waals surface area contributed by atoms with Crippen LogP contribution in [0.1, 0.15) is 31.9 Å². The summed E-state index contributed by atoms with van der Waals surface area (Å²) in [6, 6.07) is 12.6. The molecule has 0 saturated heterocycles. The summed E-state index contributed by atoms with van der Waals surface area (Å²) in [6.07, 6.45) is 0.261. The van der Waals surface area contributed by atoms with Crippen molar-refractivity contribution in [2.24, 2.45) is 5.73 Å². The Kier molecular flexibility index (Phi) is 8.60. The van der Waals surface area contributed by atoms with Gasteiger partial charge in [-0.1, -0.05) is 30.3 Å². The molecule has 0 aliphatic rings. The lowest BCUT2D eigenvalue weighted by Crippen LogP contribution is -2.35. The Balaban J connectivity index is 2.60. The van der Waals surface area contributed by atoms with Crippen molar-refractivity contribution in [2.75, 3.05) is 19.8 Å². The highest BCUT2D eigenvalue weighted by molar-refractivity contribution is 7.62. The number of esters is 1. The molecular formula is C22H30NO5P. The molecule has 7 heteroatoms. The van der Waals surface area contributed by atoms with Crippen molar-refractivity contribution in [2.45, 2.75) is 40.2 Å². The van der Waals surface area contributed by atoms with Crippen LogP contribution in [0, 0.1) is 6.92 Å². The van der Waals surface area contributed by atoms with Gasteiger partial charge in [-0.15, -0.1) is 0 Å². The van der Waals surface area contributed by atoms with E-state index in [1.807, 2.05) is 43.3 Å². The van der Waals surface area contributed by atoms with Gasteiger partial charge in [-0.25, -0.2) is 0 Å². The maximum atomic E-state index is 13.4. The van der Waals surface area contributed by atoms with Gasteiger partial charge < -0.3 is 19.5 Å². The molecule has 0 saturated carbocycles.